The van der Waals surface area contributed by atoms with E-state index in [9.17, 15) is 10.1 Å². The molecule has 1 aromatic carbocycles. The van der Waals surface area contributed by atoms with Gasteiger partial charge < -0.3 is 9.31 Å². The zero-order chi connectivity index (χ0) is 17.7. The summed E-state index contributed by atoms with van der Waals surface area (Å²) in [4.78, 5) is 11.0. The number of nitrogens with zero attached hydrogens (tertiary/aromatic N) is 2. The highest BCUT2D eigenvalue weighted by atomic mass is 127. The van der Waals surface area contributed by atoms with E-state index in [1.807, 2.05) is 33.8 Å². The van der Waals surface area contributed by atoms with Crippen molar-refractivity contribution < 1.29 is 16.7 Å². The average Bonchev–Trinajstić information content (AvgIpc) is 2.94. The smallest absolute Gasteiger partial charge is 0.399 e. The molecule has 0 aliphatic carbocycles. The van der Waals surface area contributed by atoms with Crippen molar-refractivity contribution in [1.29, 1.82) is 0 Å². The minimum absolute atomic E-state index is 0.0104. The maximum Gasteiger partial charge on any atom is 0.497 e. The Labute approximate surface area is 158 Å². The molecule has 0 amide bonds. The number of para-hydroxylation sites is 1. The molecule has 10 heteroatoms. The van der Waals surface area contributed by atoms with Crippen LogP contribution in [-0.2, 0) is 11.8 Å². The van der Waals surface area contributed by atoms with Crippen molar-refractivity contribution >= 4 is 64.4 Å². The molecular weight excluding hydrogens is 446 g/mol. The van der Waals surface area contributed by atoms with Crippen molar-refractivity contribution in [3.8, 4) is 0 Å². The molecule has 3 rings (SSSR count). The Morgan fingerprint density at radius 3 is 2.46 bits per heavy atom. The Hall–Kier alpha value is -0.815. The van der Waals surface area contributed by atoms with Gasteiger partial charge in [-0.1, -0.05) is 12.1 Å². The van der Waals surface area contributed by atoms with Gasteiger partial charge >= 0.3 is 7.12 Å². The molecule has 7 nitrogen and oxygen atoms in total. The molecular formula is C14H16BIN2O5S. The van der Waals surface area contributed by atoms with Crippen LogP contribution in [-0.4, -0.2) is 27.2 Å². The van der Waals surface area contributed by atoms with Crippen LogP contribution in [0.25, 0.3) is 10.9 Å². The minimum atomic E-state index is -0.601. The molecule has 0 unspecified atom stereocenters. The summed E-state index contributed by atoms with van der Waals surface area (Å²) in [6.07, 6.45) is 1.77. The molecule has 1 saturated heterocycles. The fourth-order valence-corrected chi connectivity index (χ4v) is 3.65. The highest BCUT2D eigenvalue weighted by Crippen LogP contribution is 2.38. The normalized spacial score (nSPS) is 19.1. The molecule has 1 aliphatic rings. The molecule has 0 atom stereocenters. The van der Waals surface area contributed by atoms with E-state index in [0.717, 1.165) is 17.7 Å². The number of benzene rings is 1. The van der Waals surface area contributed by atoms with Gasteiger partial charge in [-0.25, -0.2) is 2.51 Å². The molecule has 1 aromatic heterocycles. The SMILES string of the molecule is CC1(C)OB(c2cn(SOI)c3c([N+](=O)[O-])cccc23)OC1(C)C. The number of halogens is 1. The fourth-order valence-electron chi connectivity index (χ4n) is 2.65. The van der Waals surface area contributed by atoms with E-state index in [2.05, 4.69) is 0 Å². The van der Waals surface area contributed by atoms with E-state index in [0.29, 0.717) is 10.9 Å². The largest absolute Gasteiger partial charge is 0.497 e. The Morgan fingerprint density at radius 1 is 1.29 bits per heavy atom. The molecule has 2 aromatic rings. The summed E-state index contributed by atoms with van der Waals surface area (Å²) in [6.45, 7) is 7.88. The average molecular weight is 462 g/mol. The lowest BCUT2D eigenvalue weighted by Crippen LogP contribution is -2.41. The second kappa shape index (κ2) is 6.17. The second-order valence-electron chi connectivity index (χ2n) is 6.57. The Morgan fingerprint density at radius 2 is 1.92 bits per heavy atom. The maximum absolute atomic E-state index is 11.4. The van der Waals surface area contributed by atoms with Crippen LogP contribution in [0.3, 0.4) is 0 Å². The quantitative estimate of drug-likeness (QED) is 0.227. The highest BCUT2D eigenvalue weighted by molar-refractivity contribution is 14.1. The third-order valence-electron chi connectivity index (χ3n) is 4.61. The number of non-ortho nitro benzene ring substituents is 1. The van der Waals surface area contributed by atoms with Crippen LogP contribution in [0.1, 0.15) is 27.7 Å². The zero-order valence-corrected chi connectivity index (χ0v) is 16.6. The Bertz CT molecular complexity index is 794. The summed E-state index contributed by atoms with van der Waals surface area (Å²) < 4.78 is 18.9. The first-order valence-electron chi connectivity index (χ1n) is 7.28. The van der Waals surface area contributed by atoms with E-state index in [1.165, 1.54) is 6.07 Å². The summed E-state index contributed by atoms with van der Waals surface area (Å²) in [7, 11) is -0.601. The van der Waals surface area contributed by atoms with Crippen LogP contribution >= 0.6 is 35.2 Å². The predicted molar refractivity (Wildman–Crippen MR) is 102 cm³/mol. The number of nitro benzene ring substituents is 1. The van der Waals surface area contributed by atoms with Gasteiger partial charge in [0.05, 0.1) is 16.1 Å². The van der Waals surface area contributed by atoms with Crippen molar-refractivity contribution in [3.05, 3.63) is 34.5 Å². The lowest BCUT2D eigenvalue weighted by atomic mass is 9.79. The lowest BCUT2D eigenvalue weighted by Gasteiger charge is -2.32. The molecule has 1 fully saturated rings. The number of nitro groups is 1. The minimum Gasteiger partial charge on any atom is -0.399 e. The van der Waals surface area contributed by atoms with Crippen molar-refractivity contribution in [1.82, 2.24) is 3.97 Å². The molecule has 0 saturated carbocycles. The third-order valence-corrected chi connectivity index (χ3v) is 5.60. The fraction of sp³-hybridized carbons (Fsp3) is 0.429. The van der Waals surface area contributed by atoms with Gasteiger partial charge in [0.25, 0.3) is 5.69 Å². The topological polar surface area (TPSA) is 75.8 Å². The zero-order valence-electron chi connectivity index (χ0n) is 13.6. The molecule has 128 valence electrons. The highest BCUT2D eigenvalue weighted by Gasteiger charge is 2.52. The van der Waals surface area contributed by atoms with Crippen LogP contribution in [0.5, 0.6) is 0 Å². The predicted octanol–water partition coefficient (Wildman–Crippen LogP) is 3.63. The summed E-state index contributed by atoms with van der Waals surface area (Å²) in [6, 6.07) is 4.96. The summed E-state index contributed by atoms with van der Waals surface area (Å²) >= 11 is 2.73. The monoisotopic (exact) mass is 462 g/mol. The van der Waals surface area contributed by atoms with Gasteiger partial charge in [-0.2, -0.15) is 0 Å². The van der Waals surface area contributed by atoms with Gasteiger partial charge in [-0.05, 0) is 27.7 Å². The van der Waals surface area contributed by atoms with Gasteiger partial charge in [0, 0.05) is 23.1 Å². The maximum atomic E-state index is 11.4. The molecule has 1 aliphatic heterocycles. The number of aromatic nitrogens is 1. The van der Waals surface area contributed by atoms with E-state index < -0.39 is 23.2 Å². The summed E-state index contributed by atoms with van der Waals surface area (Å²) in [5, 5.41) is 12.1. The third kappa shape index (κ3) is 2.83. The van der Waals surface area contributed by atoms with Crippen LogP contribution < -0.4 is 5.46 Å². The Kier molecular flexibility index (Phi) is 4.62. The van der Waals surface area contributed by atoms with Crippen molar-refractivity contribution in [2.24, 2.45) is 0 Å². The van der Waals surface area contributed by atoms with Crippen molar-refractivity contribution in [2.45, 2.75) is 38.9 Å². The number of hydrogen-bond acceptors (Lipinski definition) is 6. The second-order valence-corrected chi connectivity index (χ2v) is 8.31. The molecule has 0 bridgehead atoms. The number of rotatable bonds is 4. The van der Waals surface area contributed by atoms with Gasteiger partial charge in [0.1, 0.15) is 40.8 Å². The molecule has 0 N–H and O–H groups in total. The molecule has 2 heterocycles. The summed E-state index contributed by atoms with van der Waals surface area (Å²) in [5.41, 5.74) is 0.248. The Balaban J connectivity index is 2.17. The molecule has 0 radical (unpaired) electrons. The van der Waals surface area contributed by atoms with Crippen molar-refractivity contribution in [3.63, 3.8) is 0 Å². The van der Waals surface area contributed by atoms with Gasteiger partial charge in [-0.15, -0.1) is 0 Å². The van der Waals surface area contributed by atoms with Crippen molar-refractivity contribution in [2.75, 3.05) is 0 Å². The number of fused-ring (bicyclic) bond motifs is 1. The van der Waals surface area contributed by atoms with E-state index in [1.54, 1.807) is 39.2 Å². The van der Waals surface area contributed by atoms with E-state index in [4.69, 9.17) is 11.8 Å². The van der Waals surface area contributed by atoms with Gasteiger partial charge in [-0.3, -0.25) is 14.1 Å². The van der Waals surface area contributed by atoms with Crippen LogP contribution in [0, 0.1) is 10.1 Å². The van der Waals surface area contributed by atoms with Crippen LogP contribution in [0.15, 0.2) is 24.4 Å². The van der Waals surface area contributed by atoms with Gasteiger partial charge in [0.2, 0.25) is 0 Å². The first kappa shape index (κ1) is 18.0. The first-order chi connectivity index (χ1) is 11.2. The molecule has 24 heavy (non-hydrogen) atoms. The first-order valence-corrected chi connectivity index (χ1v) is 8.85. The van der Waals surface area contributed by atoms with E-state index >= 15 is 0 Å². The number of hydrogen-bond donors (Lipinski definition) is 0. The summed E-state index contributed by atoms with van der Waals surface area (Å²) in [5.74, 6) is 0. The van der Waals surface area contributed by atoms with Crippen LogP contribution in [0.2, 0.25) is 0 Å². The molecule has 0 spiro atoms. The standard InChI is InChI=1S/C14H16BIN2O5S/c1-13(2)14(3,4)22-15(21-13)10-8-17(24-23-16)12-9(10)6-5-7-11(12)18(19)20/h5-8H,1-4H3. The van der Waals surface area contributed by atoms with E-state index in [-0.39, 0.29) is 5.69 Å². The van der Waals surface area contributed by atoms with Crippen LogP contribution in [0.4, 0.5) is 5.69 Å². The van der Waals surface area contributed by atoms with Gasteiger partial charge in [0.15, 0.2) is 0 Å². The lowest BCUT2D eigenvalue weighted by molar-refractivity contribution is -0.383.